The zero-order valence-electron chi connectivity index (χ0n) is 22.3. The summed E-state index contributed by atoms with van der Waals surface area (Å²) in [6, 6.07) is 7.43. The van der Waals surface area contributed by atoms with E-state index in [1.54, 1.807) is 12.1 Å². The summed E-state index contributed by atoms with van der Waals surface area (Å²) >= 11 is 0. The minimum absolute atomic E-state index is 0.00123. The second kappa shape index (κ2) is 12.4. The van der Waals surface area contributed by atoms with Crippen LogP contribution in [-0.4, -0.2) is 65.5 Å². The van der Waals surface area contributed by atoms with Crippen molar-refractivity contribution >= 4 is 0 Å². The first-order valence-corrected chi connectivity index (χ1v) is 13.3. The number of H-pyrrole nitrogens is 2. The molecule has 3 aromatic rings. The second-order valence-corrected chi connectivity index (χ2v) is 10.2. The molecule has 0 spiro atoms. The molecule has 2 N–H and O–H groups in total. The maximum absolute atomic E-state index is 14.1. The SMILES string of the molecule is CC(OC1OCCN(Cc2[nH]c(=O)[nH]c2CN2CCOCC2)C1c1ccc(F)cc1)c1cc(F)cc(C(F)(F)F)c1. The summed E-state index contributed by atoms with van der Waals surface area (Å²) < 4.78 is 85.4. The van der Waals surface area contributed by atoms with Crippen molar-refractivity contribution in [2.45, 2.75) is 44.6 Å². The molecule has 0 saturated carbocycles. The molecule has 3 unspecified atom stereocenters. The minimum atomic E-state index is -4.72. The number of morpholine rings is 2. The molecule has 2 aromatic carbocycles. The van der Waals surface area contributed by atoms with Gasteiger partial charge in [-0.2, -0.15) is 13.2 Å². The summed E-state index contributed by atoms with van der Waals surface area (Å²) in [6.45, 7) is 5.64. The van der Waals surface area contributed by atoms with Crippen molar-refractivity contribution in [2.75, 3.05) is 39.5 Å². The van der Waals surface area contributed by atoms with Gasteiger partial charge in [-0.25, -0.2) is 13.6 Å². The fraction of sp³-hybridized carbons (Fsp3) is 0.464. The summed E-state index contributed by atoms with van der Waals surface area (Å²) in [5, 5.41) is 0. The lowest BCUT2D eigenvalue weighted by atomic mass is 10.0. The summed E-state index contributed by atoms with van der Waals surface area (Å²) in [5.74, 6) is -1.47. The van der Waals surface area contributed by atoms with E-state index in [4.69, 9.17) is 14.2 Å². The number of nitrogens with zero attached hydrogens (tertiary/aromatic N) is 2. The average molecular weight is 583 g/mol. The second-order valence-electron chi connectivity index (χ2n) is 10.2. The molecule has 0 radical (unpaired) electrons. The number of halogens is 5. The van der Waals surface area contributed by atoms with Gasteiger partial charge in [0.2, 0.25) is 0 Å². The Hall–Kier alpha value is -3.10. The molecule has 3 atom stereocenters. The van der Waals surface area contributed by atoms with Crippen molar-refractivity contribution in [3.8, 4) is 0 Å². The lowest BCUT2D eigenvalue weighted by Crippen LogP contribution is -2.46. The highest BCUT2D eigenvalue weighted by Crippen LogP contribution is 2.37. The molecule has 2 saturated heterocycles. The lowest BCUT2D eigenvalue weighted by molar-refractivity contribution is -0.231. The van der Waals surface area contributed by atoms with Crippen molar-refractivity contribution < 1.29 is 36.2 Å². The van der Waals surface area contributed by atoms with Crippen molar-refractivity contribution in [3.63, 3.8) is 0 Å². The molecule has 0 bridgehead atoms. The molecule has 0 aliphatic carbocycles. The predicted molar refractivity (Wildman–Crippen MR) is 138 cm³/mol. The molecule has 2 aliphatic rings. The van der Waals surface area contributed by atoms with Gasteiger partial charge >= 0.3 is 11.9 Å². The standard InChI is InChI=1S/C28H31F5N4O4/c1-17(19-12-20(28(31,32)33)14-22(30)13-19)41-26-25(18-2-4-21(29)5-3-18)37(8-11-40-26)16-24-23(34-27(38)35-24)15-36-6-9-39-10-7-36/h2-5,12-14,17,25-26H,6-11,15-16H2,1H3,(H2,34,35,38). The third-order valence-electron chi connectivity index (χ3n) is 7.32. The average Bonchev–Trinajstić information content (AvgIpc) is 3.27. The number of aromatic nitrogens is 2. The van der Waals surface area contributed by atoms with E-state index in [0.717, 1.165) is 30.9 Å². The molecular weight excluding hydrogens is 551 g/mol. The van der Waals surface area contributed by atoms with Crippen LogP contribution in [-0.2, 0) is 33.5 Å². The van der Waals surface area contributed by atoms with Gasteiger partial charge in [-0.1, -0.05) is 12.1 Å². The monoisotopic (exact) mass is 582 g/mol. The Morgan fingerprint density at radius 3 is 2.32 bits per heavy atom. The van der Waals surface area contributed by atoms with Crippen LogP contribution in [0.1, 0.15) is 47.1 Å². The van der Waals surface area contributed by atoms with Crippen LogP contribution >= 0.6 is 0 Å². The highest BCUT2D eigenvalue weighted by atomic mass is 19.4. The summed E-state index contributed by atoms with van der Waals surface area (Å²) in [7, 11) is 0. The van der Waals surface area contributed by atoms with Gasteiger partial charge in [-0.05, 0) is 48.4 Å². The Kier molecular flexibility index (Phi) is 8.90. The van der Waals surface area contributed by atoms with Crippen LogP contribution in [0.3, 0.4) is 0 Å². The fourth-order valence-corrected chi connectivity index (χ4v) is 5.21. The number of benzene rings is 2. The quantitative estimate of drug-likeness (QED) is 0.381. The number of nitrogens with one attached hydrogen (secondary N) is 2. The number of alkyl halides is 3. The highest BCUT2D eigenvalue weighted by molar-refractivity contribution is 5.28. The van der Waals surface area contributed by atoms with E-state index in [9.17, 15) is 26.7 Å². The summed E-state index contributed by atoms with van der Waals surface area (Å²) in [6.07, 6.45) is -6.68. The van der Waals surface area contributed by atoms with Crippen LogP contribution in [0.5, 0.6) is 0 Å². The van der Waals surface area contributed by atoms with Crippen molar-refractivity contribution in [1.82, 2.24) is 19.8 Å². The molecule has 1 aromatic heterocycles. The molecule has 41 heavy (non-hydrogen) atoms. The molecule has 2 fully saturated rings. The van der Waals surface area contributed by atoms with Gasteiger partial charge in [0.1, 0.15) is 11.6 Å². The molecule has 3 heterocycles. The van der Waals surface area contributed by atoms with Gasteiger partial charge in [0.25, 0.3) is 0 Å². The number of aromatic amines is 2. The van der Waals surface area contributed by atoms with E-state index >= 15 is 0 Å². The molecule has 0 amide bonds. The van der Waals surface area contributed by atoms with Gasteiger partial charge in [0.05, 0.1) is 48.9 Å². The first-order chi connectivity index (χ1) is 19.6. The maximum atomic E-state index is 14.1. The van der Waals surface area contributed by atoms with Gasteiger partial charge < -0.3 is 24.2 Å². The Morgan fingerprint density at radius 1 is 0.951 bits per heavy atom. The van der Waals surface area contributed by atoms with Crippen LogP contribution in [0, 0.1) is 11.6 Å². The van der Waals surface area contributed by atoms with E-state index in [-0.39, 0.29) is 24.4 Å². The van der Waals surface area contributed by atoms with Crippen LogP contribution in [0.4, 0.5) is 22.0 Å². The van der Waals surface area contributed by atoms with E-state index in [2.05, 4.69) is 14.9 Å². The zero-order valence-corrected chi connectivity index (χ0v) is 22.3. The van der Waals surface area contributed by atoms with Crippen LogP contribution < -0.4 is 5.69 Å². The molecule has 222 valence electrons. The van der Waals surface area contributed by atoms with Crippen LogP contribution in [0.25, 0.3) is 0 Å². The Balaban J connectivity index is 1.41. The minimum Gasteiger partial charge on any atom is -0.379 e. The predicted octanol–water partition coefficient (Wildman–Crippen LogP) is 4.51. The Bertz CT molecular complexity index is 1370. The topological polar surface area (TPSA) is 82.8 Å². The fourth-order valence-electron chi connectivity index (χ4n) is 5.21. The van der Waals surface area contributed by atoms with Gasteiger partial charge in [-0.3, -0.25) is 9.80 Å². The maximum Gasteiger partial charge on any atom is 0.416 e. The van der Waals surface area contributed by atoms with Crippen LogP contribution in [0.2, 0.25) is 0 Å². The summed E-state index contributed by atoms with van der Waals surface area (Å²) in [4.78, 5) is 22.2. The first kappa shape index (κ1) is 29.4. The highest BCUT2D eigenvalue weighted by Gasteiger charge is 2.37. The van der Waals surface area contributed by atoms with E-state index in [1.807, 2.05) is 4.90 Å². The Labute approximate surface area is 233 Å². The smallest absolute Gasteiger partial charge is 0.379 e. The molecule has 5 rings (SSSR count). The first-order valence-electron chi connectivity index (χ1n) is 13.3. The van der Waals surface area contributed by atoms with E-state index < -0.39 is 41.8 Å². The van der Waals surface area contributed by atoms with Gasteiger partial charge in [0.15, 0.2) is 6.29 Å². The molecule has 13 heteroatoms. The van der Waals surface area contributed by atoms with E-state index in [1.165, 1.54) is 19.1 Å². The molecule has 2 aliphatic heterocycles. The number of hydrogen-bond donors (Lipinski definition) is 2. The van der Waals surface area contributed by atoms with Crippen molar-refractivity contribution in [3.05, 3.63) is 92.7 Å². The Morgan fingerprint density at radius 2 is 1.63 bits per heavy atom. The third-order valence-corrected chi connectivity index (χ3v) is 7.32. The number of rotatable bonds is 8. The normalized spacial score (nSPS) is 21.7. The van der Waals surface area contributed by atoms with Crippen LogP contribution in [0.15, 0.2) is 47.3 Å². The van der Waals surface area contributed by atoms with E-state index in [0.29, 0.717) is 43.6 Å². The van der Waals surface area contributed by atoms with Crippen molar-refractivity contribution in [2.24, 2.45) is 0 Å². The number of hydrogen-bond acceptors (Lipinski definition) is 6. The third kappa shape index (κ3) is 7.22. The van der Waals surface area contributed by atoms with Gasteiger partial charge in [-0.15, -0.1) is 0 Å². The number of ether oxygens (including phenoxy) is 3. The summed E-state index contributed by atoms with van der Waals surface area (Å²) in [5.41, 5.74) is 0.579. The van der Waals surface area contributed by atoms with Crippen molar-refractivity contribution in [1.29, 1.82) is 0 Å². The zero-order chi connectivity index (χ0) is 29.1. The largest absolute Gasteiger partial charge is 0.416 e. The molecule has 8 nitrogen and oxygen atoms in total. The van der Waals surface area contributed by atoms with Gasteiger partial charge in [0, 0.05) is 32.7 Å². The number of imidazole rings is 1. The molecular formula is C28H31F5N4O4. The lowest BCUT2D eigenvalue weighted by Gasteiger charge is -2.42.